The molecule has 1 aromatic rings. The first-order valence-corrected chi connectivity index (χ1v) is 9.39. The molecule has 1 aromatic heterocycles. The molecule has 0 aliphatic carbocycles. The molecule has 2 N–H and O–H groups in total. The number of thioether (sulfide) groups is 1. The van der Waals surface area contributed by atoms with Gasteiger partial charge >= 0.3 is 0 Å². The van der Waals surface area contributed by atoms with Crippen LogP contribution in [0.5, 0.6) is 5.88 Å². The zero-order valence-electron chi connectivity index (χ0n) is 13.8. The molecule has 1 atom stereocenters. The molecular weight excluding hydrogens is 332 g/mol. The van der Waals surface area contributed by atoms with E-state index in [2.05, 4.69) is 29.5 Å². The highest BCUT2D eigenvalue weighted by Gasteiger charge is 2.29. The van der Waals surface area contributed by atoms with E-state index in [9.17, 15) is 0 Å². The molecule has 5 nitrogen and oxygen atoms in total. The van der Waals surface area contributed by atoms with Crippen molar-refractivity contribution in [3.63, 3.8) is 0 Å². The summed E-state index contributed by atoms with van der Waals surface area (Å²) in [5, 5.41) is 7.08. The van der Waals surface area contributed by atoms with Gasteiger partial charge in [0.25, 0.3) is 0 Å². The van der Waals surface area contributed by atoms with Gasteiger partial charge in [0, 0.05) is 17.5 Å². The molecule has 1 aliphatic rings. The molecule has 0 saturated carbocycles. The van der Waals surface area contributed by atoms with Crippen molar-refractivity contribution in [2.45, 2.75) is 31.4 Å². The number of rotatable bonds is 7. The van der Waals surface area contributed by atoms with Gasteiger partial charge in [0.1, 0.15) is 11.6 Å². The van der Waals surface area contributed by atoms with Crippen molar-refractivity contribution in [3.8, 4) is 5.88 Å². The highest BCUT2D eigenvalue weighted by Crippen LogP contribution is 2.37. The first kappa shape index (κ1) is 18.2. The van der Waals surface area contributed by atoms with Gasteiger partial charge in [-0.15, -0.1) is 0 Å². The summed E-state index contributed by atoms with van der Waals surface area (Å²) in [7, 11) is 0. The first-order chi connectivity index (χ1) is 11.1. The molecule has 7 heteroatoms. The summed E-state index contributed by atoms with van der Waals surface area (Å²) in [5.74, 6) is 2.54. The molecule has 0 amide bonds. The van der Waals surface area contributed by atoms with Crippen LogP contribution >= 0.6 is 23.4 Å². The summed E-state index contributed by atoms with van der Waals surface area (Å²) in [4.78, 5) is 8.80. The summed E-state index contributed by atoms with van der Waals surface area (Å²) >= 11 is 8.03. The van der Waals surface area contributed by atoms with Crippen molar-refractivity contribution in [3.05, 3.63) is 23.4 Å². The minimum absolute atomic E-state index is 0.278. The zero-order chi connectivity index (χ0) is 16.5. The summed E-state index contributed by atoms with van der Waals surface area (Å²) < 4.78 is 5.85. The minimum Gasteiger partial charge on any atom is -0.475 e. The molecule has 0 bridgehead atoms. The molecule has 1 aliphatic heterocycles. The van der Waals surface area contributed by atoms with E-state index < -0.39 is 0 Å². The van der Waals surface area contributed by atoms with Crippen molar-refractivity contribution in [1.29, 1.82) is 0 Å². The predicted molar refractivity (Wildman–Crippen MR) is 98.8 cm³/mol. The zero-order valence-corrected chi connectivity index (χ0v) is 15.3. The largest absolute Gasteiger partial charge is 0.475 e. The minimum atomic E-state index is 0.278. The van der Waals surface area contributed by atoms with E-state index in [1.165, 1.54) is 18.6 Å². The van der Waals surface area contributed by atoms with Crippen molar-refractivity contribution in [1.82, 2.24) is 15.6 Å². The van der Waals surface area contributed by atoms with E-state index >= 15 is 0 Å². The Morgan fingerprint density at radius 3 is 3.09 bits per heavy atom. The van der Waals surface area contributed by atoms with Crippen molar-refractivity contribution < 1.29 is 4.74 Å². The van der Waals surface area contributed by atoms with Crippen LogP contribution in [0.4, 0.5) is 0 Å². The lowest BCUT2D eigenvalue weighted by Crippen LogP contribution is -2.40. The topological polar surface area (TPSA) is 58.5 Å². The average molecular weight is 357 g/mol. The smallest absolute Gasteiger partial charge is 0.232 e. The number of aromatic nitrogens is 1. The van der Waals surface area contributed by atoms with E-state index in [0.29, 0.717) is 24.1 Å². The maximum Gasteiger partial charge on any atom is 0.232 e. The Morgan fingerprint density at radius 1 is 1.52 bits per heavy atom. The molecular formula is C16H25ClN4OS. The predicted octanol–water partition coefficient (Wildman–Crippen LogP) is 2.95. The number of hydrogen-bond acceptors (Lipinski definition) is 4. The van der Waals surface area contributed by atoms with E-state index in [1.807, 2.05) is 11.8 Å². The van der Waals surface area contributed by atoms with Crippen LogP contribution in [0.15, 0.2) is 23.3 Å². The number of nitrogens with one attached hydrogen (secondary N) is 2. The van der Waals surface area contributed by atoms with E-state index in [0.717, 1.165) is 19.0 Å². The number of hydrogen-bond donors (Lipinski definition) is 2. The fourth-order valence-electron chi connectivity index (χ4n) is 2.34. The van der Waals surface area contributed by atoms with Crippen LogP contribution in [-0.4, -0.2) is 47.7 Å². The van der Waals surface area contributed by atoms with Crippen LogP contribution in [-0.2, 0) is 0 Å². The lowest BCUT2D eigenvalue weighted by molar-refractivity contribution is 0.310. The Labute approximate surface area is 147 Å². The number of aliphatic imine (C=N–C) groups is 1. The third-order valence-electron chi connectivity index (χ3n) is 3.57. The number of guanidine groups is 1. The Morgan fingerprint density at radius 2 is 2.39 bits per heavy atom. The fourth-order valence-corrected chi connectivity index (χ4v) is 3.75. The summed E-state index contributed by atoms with van der Waals surface area (Å²) in [5.41, 5.74) is 0. The maximum atomic E-state index is 6.01. The van der Waals surface area contributed by atoms with Crippen LogP contribution in [0.25, 0.3) is 0 Å². The normalized spacial score (nSPS) is 21.3. The summed E-state index contributed by atoms with van der Waals surface area (Å²) in [6, 6.07) is 3.55. The quantitative estimate of drug-likeness (QED) is 0.447. The molecule has 23 heavy (non-hydrogen) atoms. The van der Waals surface area contributed by atoms with Gasteiger partial charge in [-0.05, 0) is 44.6 Å². The Balaban J connectivity index is 1.77. The Hall–Kier alpha value is -1.14. The third kappa shape index (κ3) is 6.11. The van der Waals surface area contributed by atoms with Gasteiger partial charge in [-0.1, -0.05) is 11.6 Å². The summed E-state index contributed by atoms with van der Waals surface area (Å²) in [6.07, 6.45) is 4.20. The molecule has 128 valence electrons. The van der Waals surface area contributed by atoms with Crippen LogP contribution in [0, 0.1) is 0 Å². The van der Waals surface area contributed by atoms with Gasteiger partial charge < -0.3 is 15.4 Å². The van der Waals surface area contributed by atoms with Crippen LogP contribution in [0.3, 0.4) is 0 Å². The number of pyridine rings is 1. The SMILES string of the molecule is CCNC(=NCC1(C)CCCS1)NCCOc1ncccc1Cl. The standard InChI is InChI=1S/C16H25ClN4OS/c1-3-18-15(21-12-16(2)7-5-11-23-16)20-9-10-22-14-13(17)6-4-8-19-14/h4,6,8H,3,5,7,9-12H2,1-2H3,(H2,18,20,21). The van der Waals surface area contributed by atoms with Crippen LogP contribution < -0.4 is 15.4 Å². The van der Waals surface area contributed by atoms with E-state index in [4.69, 9.17) is 21.3 Å². The fraction of sp³-hybridized carbons (Fsp3) is 0.625. The highest BCUT2D eigenvalue weighted by molar-refractivity contribution is 8.00. The molecule has 1 unspecified atom stereocenters. The third-order valence-corrected chi connectivity index (χ3v) is 5.38. The van der Waals surface area contributed by atoms with Crippen LogP contribution in [0.1, 0.15) is 26.7 Å². The molecule has 1 fully saturated rings. The van der Waals surface area contributed by atoms with Gasteiger partial charge in [-0.3, -0.25) is 4.99 Å². The van der Waals surface area contributed by atoms with Crippen molar-refractivity contribution in [2.24, 2.45) is 4.99 Å². The Kier molecular flexibility index (Phi) is 7.30. The van der Waals surface area contributed by atoms with Gasteiger partial charge in [-0.2, -0.15) is 11.8 Å². The maximum absolute atomic E-state index is 6.01. The second kappa shape index (κ2) is 9.23. The lowest BCUT2D eigenvalue weighted by atomic mass is 10.1. The first-order valence-electron chi connectivity index (χ1n) is 8.02. The van der Waals surface area contributed by atoms with Crippen molar-refractivity contribution >= 4 is 29.3 Å². The molecule has 2 rings (SSSR count). The molecule has 0 aromatic carbocycles. The summed E-state index contributed by atoms with van der Waals surface area (Å²) in [6.45, 7) is 7.15. The molecule has 0 spiro atoms. The van der Waals surface area contributed by atoms with Gasteiger partial charge in [-0.25, -0.2) is 4.98 Å². The highest BCUT2D eigenvalue weighted by atomic mass is 35.5. The monoisotopic (exact) mass is 356 g/mol. The van der Waals surface area contributed by atoms with Gasteiger partial charge in [0.05, 0.1) is 13.1 Å². The number of nitrogens with zero attached hydrogens (tertiary/aromatic N) is 2. The van der Waals surface area contributed by atoms with Gasteiger partial charge in [0.15, 0.2) is 5.96 Å². The average Bonchev–Trinajstić information content (AvgIpc) is 2.98. The lowest BCUT2D eigenvalue weighted by Gasteiger charge is -2.21. The number of ether oxygens (including phenoxy) is 1. The molecule has 2 heterocycles. The molecule has 1 saturated heterocycles. The van der Waals surface area contributed by atoms with E-state index in [-0.39, 0.29) is 4.75 Å². The van der Waals surface area contributed by atoms with E-state index in [1.54, 1.807) is 18.3 Å². The second-order valence-corrected chi connectivity index (χ2v) is 7.75. The van der Waals surface area contributed by atoms with Crippen LogP contribution in [0.2, 0.25) is 5.02 Å². The number of halogens is 1. The Bertz CT molecular complexity index is 521. The second-order valence-electron chi connectivity index (χ2n) is 5.66. The molecule has 0 radical (unpaired) electrons. The van der Waals surface area contributed by atoms with Gasteiger partial charge in [0.2, 0.25) is 5.88 Å². The van der Waals surface area contributed by atoms with Crippen molar-refractivity contribution in [2.75, 3.05) is 32.0 Å².